The standard InChI is InChI=1S/C15H17F5IN3O/c16-14(17)1-3-23(4-2-14)12-6-13(7-12,8-12)24-5-9(21)22-11(24)10(25)15(18,19)20/h5,10,25H,1-4,6-8H2. The van der Waals surface area contributed by atoms with E-state index in [-0.39, 0.29) is 24.2 Å². The van der Waals surface area contributed by atoms with Crippen LogP contribution in [0.4, 0.5) is 22.0 Å². The van der Waals surface area contributed by atoms with Gasteiger partial charge in [-0.1, -0.05) is 0 Å². The molecular formula is C15H17F5IN3O. The van der Waals surface area contributed by atoms with E-state index in [9.17, 15) is 27.1 Å². The fourth-order valence-corrected chi connectivity index (χ4v) is 5.19. The van der Waals surface area contributed by atoms with Gasteiger partial charge >= 0.3 is 6.18 Å². The fraction of sp³-hybridized carbons (Fsp3) is 0.800. The van der Waals surface area contributed by atoms with E-state index in [2.05, 4.69) is 9.88 Å². The summed E-state index contributed by atoms with van der Waals surface area (Å²) in [4.78, 5) is 5.93. The number of piperidine rings is 1. The predicted molar refractivity (Wildman–Crippen MR) is 86.3 cm³/mol. The Bertz CT molecular complexity index is 674. The van der Waals surface area contributed by atoms with Crippen molar-refractivity contribution in [3.05, 3.63) is 15.7 Å². The Hall–Kier alpha value is -0.490. The molecule has 2 heterocycles. The third-order valence-electron chi connectivity index (χ3n) is 5.91. The highest BCUT2D eigenvalue weighted by Crippen LogP contribution is 2.69. The Balaban J connectivity index is 1.50. The summed E-state index contributed by atoms with van der Waals surface area (Å²) in [6, 6.07) is 0. The van der Waals surface area contributed by atoms with Crippen LogP contribution in [0, 0.1) is 3.70 Å². The van der Waals surface area contributed by atoms with Crippen LogP contribution in [-0.4, -0.2) is 50.3 Å². The van der Waals surface area contributed by atoms with Crippen molar-refractivity contribution >= 4 is 22.6 Å². The molecule has 1 N–H and O–H groups in total. The topological polar surface area (TPSA) is 41.3 Å². The van der Waals surface area contributed by atoms with E-state index >= 15 is 0 Å². The molecule has 0 radical (unpaired) electrons. The second kappa shape index (κ2) is 5.28. The van der Waals surface area contributed by atoms with Crippen molar-refractivity contribution < 1.29 is 27.1 Å². The van der Waals surface area contributed by atoms with E-state index < -0.39 is 23.7 Å². The number of hydrogen-bond acceptors (Lipinski definition) is 3. The van der Waals surface area contributed by atoms with E-state index in [1.807, 2.05) is 22.6 Å². The molecule has 4 nitrogen and oxygen atoms in total. The first-order valence-electron chi connectivity index (χ1n) is 8.10. The van der Waals surface area contributed by atoms with Gasteiger partial charge in [0.1, 0.15) is 9.53 Å². The van der Waals surface area contributed by atoms with Crippen LogP contribution in [0.3, 0.4) is 0 Å². The molecule has 25 heavy (non-hydrogen) atoms. The first kappa shape index (κ1) is 17.9. The van der Waals surface area contributed by atoms with Gasteiger partial charge < -0.3 is 9.67 Å². The molecular weight excluding hydrogens is 460 g/mol. The van der Waals surface area contributed by atoms with Crippen molar-refractivity contribution in [2.24, 2.45) is 0 Å². The van der Waals surface area contributed by atoms with E-state index in [0.717, 1.165) is 0 Å². The molecule has 1 aromatic rings. The summed E-state index contributed by atoms with van der Waals surface area (Å²) in [5, 5.41) is 9.62. The van der Waals surface area contributed by atoms with Crippen molar-refractivity contribution in [3.63, 3.8) is 0 Å². The van der Waals surface area contributed by atoms with Gasteiger partial charge in [0.2, 0.25) is 6.10 Å². The fourth-order valence-electron chi connectivity index (χ4n) is 4.67. The molecule has 4 aliphatic rings. The number of aliphatic hydroxyl groups is 1. The van der Waals surface area contributed by atoms with Crippen molar-refractivity contribution in [2.75, 3.05) is 13.1 Å². The van der Waals surface area contributed by atoms with Gasteiger partial charge in [-0.05, 0) is 41.9 Å². The molecule has 10 heteroatoms. The summed E-state index contributed by atoms with van der Waals surface area (Å²) in [6.45, 7) is 0.644. The number of aliphatic hydroxyl groups excluding tert-OH is 1. The smallest absolute Gasteiger partial charge is 0.377 e. The number of alkyl halides is 5. The Kier molecular flexibility index (Phi) is 3.78. The van der Waals surface area contributed by atoms with Gasteiger partial charge in [-0.25, -0.2) is 13.8 Å². The highest BCUT2D eigenvalue weighted by molar-refractivity contribution is 14.1. The van der Waals surface area contributed by atoms with Crippen LogP contribution in [-0.2, 0) is 5.54 Å². The molecule has 0 amide bonds. The minimum atomic E-state index is -4.77. The maximum Gasteiger partial charge on any atom is 0.421 e. The third-order valence-corrected chi connectivity index (χ3v) is 6.43. The predicted octanol–water partition coefficient (Wildman–Crippen LogP) is 3.45. The van der Waals surface area contributed by atoms with E-state index in [1.54, 1.807) is 0 Å². The summed E-state index contributed by atoms with van der Waals surface area (Å²) < 4.78 is 67.2. The SMILES string of the molecule is OC(c1nc(I)cn1C12CC(N3CCC(F)(F)CC3)(C1)C2)C(F)(F)F. The lowest BCUT2D eigenvalue weighted by Crippen LogP contribution is -2.79. The van der Waals surface area contributed by atoms with Crippen LogP contribution in [0.25, 0.3) is 0 Å². The average Bonchev–Trinajstić information content (AvgIpc) is 2.77. The van der Waals surface area contributed by atoms with Gasteiger partial charge in [0.05, 0.1) is 5.54 Å². The largest absolute Gasteiger partial charge is 0.421 e. The number of aromatic nitrogens is 2. The summed E-state index contributed by atoms with van der Waals surface area (Å²) in [5.74, 6) is -2.99. The Morgan fingerprint density at radius 2 is 1.68 bits per heavy atom. The van der Waals surface area contributed by atoms with Crippen molar-refractivity contribution in [1.82, 2.24) is 14.5 Å². The summed E-state index contributed by atoms with van der Waals surface area (Å²) in [6.07, 6.45) is -4.31. The molecule has 2 bridgehead atoms. The van der Waals surface area contributed by atoms with Crippen molar-refractivity contribution in [1.29, 1.82) is 0 Å². The average molecular weight is 477 g/mol. The van der Waals surface area contributed by atoms with Gasteiger partial charge in [0, 0.05) is 37.7 Å². The Morgan fingerprint density at radius 3 is 2.20 bits per heavy atom. The first-order chi connectivity index (χ1) is 11.5. The maximum atomic E-state index is 13.3. The van der Waals surface area contributed by atoms with Crippen LogP contribution in [0.15, 0.2) is 6.20 Å². The van der Waals surface area contributed by atoms with Crippen LogP contribution >= 0.6 is 22.6 Å². The molecule has 1 aromatic heterocycles. The lowest BCUT2D eigenvalue weighted by molar-refractivity contribution is -0.233. The van der Waals surface area contributed by atoms with Crippen LogP contribution in [0.2, 0.25) is 0 Å². The number of imidazole rings is 1. The molecule has 3 saturated carbocycles. The zero-order chi connectivity index (χ0) is 18.3. The maximum absolute atomic E-state index is 13.3. The number of halogens is 6. The van der Waals surface area contributed by atoms with Crippen molar-refractivity contribution in [3.8, 4) is 0 Å². The van der Waals surface area contributed by atoms with Gasteiger partial charge in [-0.2, -0.15) is 13.2 Å². The molecule has 0 aromatic carbocycles. The van der Waals surface area contributed by atoms with Crippen LogP contribution < -0.4 is 0 Å². The molecule has 1 saturated heterocycles. The second-order valence-corrected chi connectivity index (χ2v) is 8.66. The molecule has 0 spiro atoms. The number of nitrogens with zero attached hydrogens (tertiary/aromatic N) is 3. The Morgan fingerprint density at radius 1 is 1.12 bits per heavy atom. The van der Waals surface area contributed by atoms with Crippen LogP contribution in [0.5, 0.6) is 0 Å². The third kappa shape index (κ3) is 2.70. The highest BCUT2D eigenvalue weighted by atomic mass is 127. The van der Waals surface area contributed by atoms with Gasteiger partial charge in [-0.15, -0.1) is 0 Å². The van der Waals surface area contributed by atoms with Crippen LogP contribution in [0.1, 0.15) is 44.0 Å². The summed E-state index contributed by atoms with van der Waals surface area (Å²) in [5.41, 5.74) is -0.648. The highest BCUT2D eigenvalue weighted by Gasteiger charge is 2.72. The van der Waals surface area contributed by atoms with E-state index in [1.165, 1.54) is 10.8 Å². The lowest BCUT2D eigenvalue weighted by atomic mass is 9.43. The summed E-state index contributed by atoms with van der Waals surface area (Å²) in [7, 11) is 0. The second-order valence-electron chi connectivity index (χ2n) is 7.56. The minimum Gasteiger partial charge on any atom is -0.377 e. The van der Waals surface area contributed by atoms with E-state index in [4.69, 9.17) is 0 Å². The molecule has 4 fully saturated rings. The molecule has 3 aliphatic carbocycles. The summed E-state index contributed by atoms with van der Waals surface area (Å²) >= 11 is 1.83. The molecule has 5 rings (SSSR count). The quantitative estimate of drug-likeness (QED) is 0.536. The zero-order valence-electron chi connectivity index (χ0n) is 13.2. The molecule has 1 aliphatic heterocycles. The number of hydrogen-bond donors (Lipinski definition) is 1. The monoisotopic (exact) mass is 477 g/mol. The van der Waals surface area contributed by atoms with E-state index in [0.29, 0.717) is 36.1 Å². The molecule has 140 valence electrons. The van der Waals surface area contributed by atoms with Gasteiger partial charge in [0.25, 0.3) is 5.92 Å². The van der Waals surface area contributed by atoms with Crippen molar-refractivity contribution in [2.45, 2.75) is 61.4 Å². The first-order valence-corrected chi connectivity index (χ1v) is 9.17. The number of rotatable bonds is 3. The lowest BCUT2D eigenvalue weighted by Gasteiger charge is -2.75. The molecule has 1 unspecified atom stereocenters. The molecule has 1 atom stereocenters. The Labute approximate surface area is 154 Å². The van der Waals surface area contributed by atoms with Gasteiger partial charge in [0.15, 0.2) is 0 Å². The van der Waals surface area contributed by atoms with Gasteiger partial charge in [-0.3, -0.25) is 4.90 Å². The zero-order valence-corrected chi connectivity index (χ0v) is 15.3. The normalized spacial score (nSPS) is 35.8. The minimum absolute atomic E-state index is 0.164. The number of likely N-dealkylation sites (tertiary alicyclic amines) is 1.